The van der Waals surface area contributed by atoms with E-state index in [1.807, 2.05) is 20.9 Å². The molecular weight excluding hydrogens is 192 g/mol. The smallest absolute Gasteiger partial charge is 0.223 e. The highest BCUT2D eigenvalue weighted by atomic mass is 16.5. The molecule has 1 amide bonds. The predicted octanol–water partition coefficient (Wildman–Crippen LogP) is 0.869. The molecule has 1 unspecified atom stereocenters. The number of hydrogen-bond acceptors (Lipinski definition) is 3. The summed E-state index contributed by atoms with van der Waals surface area (Å²) in [4.78, 5) is 13.4. The molecule has 0 rings (SSSR count). The third kappa shape index (κ3) is 7.33. The van der Waals surface area contributed by atoms with E-state index >= 15 is 0 Å². The Morgan fingerprint density at radius 3 is 2.73 bits per heavy atom. The van der Waals surface area contributed by atoms with Crippen molar-refractivity contribution in [3.8, 4) is 0 Å². The van der Waals surface area contributed by atoms with E-state index < -0.39 is 0 Å². The first-order chi connectivity index (χ1) is 7.11. The standard InChI is InChI=1S/C11H24N2O2/c1-5-12-10(2)9-11(14)13(3)7-6-8-15-4/h10,12H,5-9H2,1-4H3. The lowest BCUT2D eigenvalue weighted by molar-refractivity contribution is -0.130. The quantitative estimate of drug-likeness (QED) is 0.612. The van der Waals surface area contributed by atoms with E-state index in [1.54, 1.807) is 12.0 Å². The molecule has 0 bridgehead atoms. The molecule has 1 atom stereocenters. The summed E-state index contributed by atoms with van der Waals surface area (Å²) in [6.07, 6.45) is 1.46. The van der Waals surface area contributed by atoms with Crippen molar-refractivity contribution in [3.05, 3.63) is 0 Å². The van der Waals surface area contributed by atoms with Crippen LogP contribution in [0.15, 0.2) is 0 Å². The van der Waals surface area contributed by atoms with E-state index in [0.29, 0.717) is 13.0 Å². The lowest BCUT2D eigenvalue weighted by atomic mass is 10.2. The highest BCUT2D eigenvalue weighted by Crippen LogP contribution is 1.97. The number of amides is 1. The van der Waals surface area contributed by atoms with Gasteiger partial charge in [0.15, 0.2) is 0 Å². The fourth-order valence-electron chi connectivity index (χ4n) is 1.41. The molecule has 4 heteroatoms. The summed E-state index contributed by atoms with van der Waals surface area (Å²) in [7, 11) is 3.52. The second-order valence-corrected chi connectivity index (χ2v) is 3.82. The summed E-state index contributed by atoms with van der Waals surface area (Å²) in [5.74, 6) is 0.194. The van der Waals surface area contributed by atoms with Gasteiger partial charge in [-0.2, -0.15) is 0 Å². The number of nitrogens with zero attached hydrogens (tertiary/aromatic N) is 1. The number of hydrogen-bond donors (Lipinski definition) is 1. The van der Waals surface area contributed by atoms with Crippen molar-refractivity contribution in [3.63, 3.8) is 0 Å². The fraction of sp³-hybridized carbons (Fsp3) is 0.909. The van der Waals surface area contributed by atoms with Gasteiger partial charge in [-0.15, -0.1) is 0 Å². The van der Waals surface area contributed by atoms with Gasteiger partial charge >= 0.3 is 0 Å². The number of methoxy groups -OCH3 is 1. The third-order valence-corrected chi connectivity index (χ3v) is 2.30. The predicted molar refractivity (Wildman–Crippen MR) is 61.9 cm³/mol. The van der Waals surface area contributed by atoms with Crippen LogP contribution in [0, 0.1) is 0 Å². The van der Waals surface area contributed by atoms with Crippen molar-refractivity contribution in [2.75, 3.05) is 33.9 Å². The van der Waals surface area contributed by atoms with Crippen molar-refractivity contribution >= 4 is 5.91 Å². The molecule has 4 nitrogen and oxygen atoms in total. The number of nitrogens with one attached hydrogen (secondary N) is 1. The Morgan fingerprint density at radius 1 is 1.53 bits per heavy atom. The zero-order valence-electron chi connectivity index (χ0n) is 10.4. The molecule has 0 aliphatic heterocycles. The van der Waals surface area contributed by atoms with Gasteiger partial charge in [0.1, 0.15) is 0 Å². The van der Waals surface area contributed by atoms with E-state index in [4.69, 9.17) is 4.74 Å². The minimum Gasteiger partial charge on any atom is -0.385 e. The van der Waals surface area contributed by atoms with Gasteiger partial charge in [-0.3, -0.25) is 4.79 Å². The Bertz CT molecular complexity index is 174. The van der Waals surface area contributed by atoms with Gasteiger partial charge in [0.05, 0.1) is 0 Å². The molecule has 0 heterocycles. The topological polar surface area (TPSA) is 41.6 Å². The molecule has 15 heavy (non-hydrogen) atoms. The van der Waals surface area contributed by atoms with E-state index in [-0.39, 0.29) is 11.9 Å². The molecule has 0 fully saturated rings. The second kappa shape index (κ2) is 8.68. The van der Waals surface area contributed by atoms with Gasteiger partial charge in [0, 0.05) is 39.8 Å². The molecule has 0 aliphatic carbocycles. The Kier molecular flexibility index (Phi) is 8.33. The normalized spacial score (nSPS) is 12.5. The lowest BCUT2D eigenvalue weighted by Gasteiger charge is -2.19. The molecular formula is C11H24N2O2. The van der Waals surface area contributed by atoms with E-state index in [2.05, 4.69) is 5.32 Å². The molecule has 90 valence electrons. The zero-order valence-corrected chi connectivity index (χ0v) is 10.4. The lowest BCUT2D eigenvalue weighted by Crippen LogP contribution is -2.35. The number of ether oxygens (including phenoxy) is 1. The van der Waals surface area contributed by atoms with Crippen LogP contribution in [-0.2, 0) is 9.53 Å². The van der Waals surface area contributed by atoms with Crippen LogP contribution in [0.1, 0.15) is 26.7 Å². The maximum absolute atomic E-state index is 11.7. The molecule has 1 N–H and O–H groups in total. The molecule has 0 radical (unpaired) electrons. The Morgan fingerprint density at radius 2 is 2.20 bits per heavy atom. The average Bonchev–Trinajstić information content (AvgIpc) is 2.18. The van der Waals surface area contributed by atoms with Crippen LogP contribution in [0.3, 0.4) is 0 Å². The zero-order chi connectivity index (χ0) is 11.7. The summed E-state index contributed by atoms with van der Waals surface area (Å²) in [5, 5.41) is 3.23. The molecule has 0 saturated carbocycles. The van der Waals surface area contributed by atoms with Crippen LogP contribution in [-0.4, -0.2) is 50.7 Å². The van der Waals surface area contributed by atoms with Gasteiger partial charge in [0.2, 0.25) is 5.91 Å². The maximum atomic E-state index is 11.7. The van der Waals surface area contributed by atoms with Crippen LogP contribution < -0.4 is 5.32 Å². The molecule has 0 aromatic heterocycles. The SMILES string of the molecule is CCNC(C)CC(=O)N(C)CCCOC. The summed E-state index contributed by atoms with van der Waals surface area (Å²) in [5.41, 5.74) is 0. The Labute approximate surface area is 93.0 Å². The Balaban J connectivity index is 3.68. The van der Waals surface area contributed by atoms with Gasteiger partial charge in [-0.1, -0.05) is 6.92 Å². The second-order valence-electron chi connectivity index (χ2n) is 3.82. The number of rotatable bonds is 8. The van der Waals surface area contributed by atoms with Crippen molar-refractivity contribution in [1.82, 2.24) is 10.2 Å². The van der Waals surface area contributed by atoms with E-state index in [9.17, 15) is 4.79 Å². The van der Waals surface area contributed by atoms with E-state index in [1.165, 1.54) is 0 Å². The molecule has 0 aliphatic rings. The van der Waals surface area contributed by atoms with Gasteiger partial charge < -0.3 is 15.0 Å². The highest BCUT2D eigenvalue weighted by Gasteiger charge is 2.11. The van der Waals surface area contributed by atoms with Gasteiger partial charge in [0.25, 0.3) is 0 Å². The third-order valence-electron chi connectivity index (χ3n) is 2.30. The Hall–Kier alpha value is -0.610. The summed E-state index contributed by atoms with van der Waals surface area (Å²) >= 11 is 0. The van der Waals surface area contributed by atoms with E-state index in [0.717, 1.165) is 19.5 Å². The summed E-state index contributed by atoms with van der Waals surface area (Å²) < 4.78 is 4.94. The minimum atomic E-state index is 0.194. The first-order valence-electron chi connectivity index (χ1n) is 5.58. The van der Waals surface area contributed by atoms with Gasteiger partial charge in [-0.05, 0) is 19.9 Å². The van der Waals surface area contributed by atoms with Gasteiger partial charge in [-0.25, -0.2) is 0 Å². The minimum absolute atomic E-state index is 0.194. The summed E-state index contributed by atoms with van der Waals surface area (Å²) in [6.45, 7) is 6.46. The van der Waals surface area contributed by atoms with Crippen LogP contribution >= 0.6 is 0 Å². The monoisotopic (exact) mass is 216 g/mol. The van der Waals surface area contributed by atoms with Crippen molar-refractivity contribution < 1.29 is 9.53 Å². The average molecular weight is 216 g/mol. The van der Waals surface area contributed by atoms with Crippen LogP contribution in [0.25, 0.3) is 0 Å². The maximum Gasteiger partial charge on any atom is 0.223 e. The largest absolute Gasteiger partial charge is 0.385 e. The van der Waals surface area contributed by atoms with Crippen LogP contribution in [0.4, 0.5) is 0 Å². The van der Waals surface area contributed by atoms with Crippen LogP contribution in [0.2, 0.25) is 0 Å². The van der Waals surface area contributed by atoms with Crippen molar-refractivity contribution in [2.45, 2.75) is 32.7 Å². The fourth-order valence-corrected chi connectivity index (χ4v) is 1.41. The first-order valence-corrected chi connectivity index (χ1v) is 5.58. The highest BCUT2D eigenvalue weighted by molar-refractivity contribution is 5.76. The molecule has 0 aromatic carbocycles. The first kappa shape index (κ1) is 14.4. The molecule has 0 spiro atoms. The van der Waals surface area contributed by atoms with Crippen molar-refractivity contribution in [2.24, 2.45) is 0 Å². The van der Waals surface area contributed by atoms with Crippen molar-refractivity contribution in [1.29, 1.82) is 0 Å². The molecule has 0 aromatic rings. The number of carbonyl (C=O) groups is 1. The molecule has 0 saturated heterocycles. The number of carbonyl (C=O) groups excluding carboxylic acids is 1. The van der Waals surface area contributed by atoms with Crippen LogP contribution in [0.5, 0.6) is 0 Å². The summed E-state index contributed by atoms with van der Waals surface area (Å²) in [6, 6.07) is 0.257.